The Bertz CT molecular complexity index is 2940. The van der Waals surface area contributed by atoms with Crippen LogP contribution < -0.4 is 4.90 Å². The van der Waals surface area contributed by atoms with Crippen molar-refractivity contribution >= 4 is 71.2 Å². The number of para-hydroxylation sites is 4. The van der Waals surface area contributed by atoms with Gasteiger partial charge in [0.1, 0.15) is 0 Å². The van der Waals surface area contributed by atoms with Crippen LogP contribution >= 0.6 is 0 Å². The zero-order valence-corrected chi connectivity index (χ0v) is 25.9. The fraction of sp³-hybridized carbons (Fsp3) is 0. The van der Waals surface area contributed by atoms with E-state index in [1.54, 1.807) is 0 Å². The normalized spacial score (nSPS) is 12.9. The molecule has 0 unspecified atom stereocenters. The van der Waals surface area contributed by atoms with Gasteiger partial charge in [0.15, 0.2) is 0 Å². The standard InChI is InChI=1S/C46H30N2/c1-4-12-34(13-5-1)47(35-14-6-2-7-15-35)37-25-22-31(23-26-37)38-27-24-32-20-21-33-30-42-39-18-10-11-19-43(39)48(36-16-8-3-9-17-36)46(42)41-29-28-40(38)44(32)45(33)41/h1-30H/i10D,11D,18D,19D. The van der Waals surface area contributed by atoms with E-state index in [1.165, 1.54) is 0 Å². The number of rotatable bonds is 5. The third kappa shape index (κ3) is 4.00. The first-order valence-corrected chi connectivity index (χ1v) is 16.2. The first kappa shape index (κ1) is 23.0. The number of anilines is 3. The molecule has 0 aliphatic heterocycles. The minimum absolute atomic E-state index is 0.0210. The molecule has 0 aliphatic rings. The Morgan fingerprint density at radius 2 is 1.04 bits per heavy atom. The Balaban J connectivity index is 1.22. The molecule has 9 aromatic carbocycles. The Kier molecular flexibility index (Phi) is 5.08. The molecule has 0 N–H and O–H groups in total. The highest BCUT2D eigenvalue weighted by Gasteiger charge is 2.20. The molecule has 1 aromatic heterocycles. The van der Waals surface area contributed by atoms with Gasteiger partial charge in [-0.1, -0.05) is 121 Å². The summed E-state index contributed by atoms with van der Waals surface area (Å²) < 4.78 is 37.2. The van der Waals surface area contributed by atoms with Crippen molar-refractivity contribution in [2.24, 2.45) is 0 Å². The van der Waals surface area contributed by atoms with Crippen molar-refractivity contribution in [2.45, 2.75) is 0 Å². The van der Waals surface area contributed by atoms with Gasteiger partial charge >= 0.3 is 0 Å². The maximum Gasteiger partial charge on any atom is 0.0645 e. The SMILES string of the molecule is [2H]c1c([2H])c([2H])c2c(c1[2H])c1cc3ccc4ccc(-c5ccc(N(c6ccccc6)c6ccccc6)cc5)c5ccc(c3c45)c1n2-c1ccccc1. The van der Waals surface area contributed by atoms with E-state index in [-0.39, 0.29) is 24.2 Å². The van der Waals surface area contributed by atoms with Gasteiger partial charge in [-0.05, 0) is 98.7 Å². The van der Waals surface area contributed by atoms with Gasteiger partial charge in [-0.15, -0.1) is 0 Å². The highest BCUT2D eigenvalue weighted by atomic mass is 15.1. The van der Waals surface area contributed by atoms with Crippen LogP contribution in [0.3, 0.4) is 0 Å². The minimum Gasteiger partial charge on any atom is -0.311 e. The fourth-order valence-corrected chi connectivity index (χ4v) is 7.55. The van der Waals surface area contributed by atoms with Crippen molar-refractivity contribution < 1.29 is 5.48 Å². The van der Waals surface area contributed by atoms with Crippen LogP contribution in [0.25, 0.3) is 70.9 Å². The first-order chi connectivity index (χ1) is 25.5. The average molecular weight is 615 g/mol. The molecule has 0 atom stereocenters. The van der Waals surface area contributed by atoms with Crippen molar-refractivity contribution in [1.29, 1.82) is 0 Å². The molecule has 0 radical (unpaired) electrons. The lowest BCUT2D eigenvalue weighted by Gasteiger charge is -2.25. The molecule has 48 heavy (non-hydrogen) atoms. The largest absolute Gasteiger partial charge is 0.311 e. The minimum atomic E-state index is -0.231. The Morgan fingerprint density at radius 3 is 1.77 bits per heavy atom. The lowest BCUT2D eigenvalue weighted by molar-refractivity contribution is 1.19. The second-order valence-corrected chi connectivity index (χ2v) is 12.3. The molecule has 0 fully saturated rings. The molecule has 0 spiro atoms. The third-order valence-electron chi connectivity index (χ3n) is 9.62. The molecule has 10 rings (SSSR count). The summed E-state index contributed by atoms with van der Waals surface area (Å²) in [6.07, 6.45) is 0. The average Bonchev–Trinajstić information content (AvgIpc) is 3.55. The highest BCUT2D eigenvalue weighted by molar-refractivity contribution is 6.32. The van der Waals surface area contributed by atoms with Gasteiger partial charge in [0.05, 0.1) is 16.5 Å². The highest BCUT2D eigenvalue weighted by Crippen LogP contribution is 2.45. The molecular weight excluding hydrogens is 581 g/mol. The van der Waals surface area contributed by atoms with Gasteiger partial charge in [-0.25, -0.2) is 0 Å². The molecule has 224 valence electrons. The summed E-state index contributed by atoms with van der Waals surface area (Å²) in [4.78, 5) is 2.27. The van der Waals surface area contributed by atoms with Crippen molar-refractivity contribution in [3.8, 4) is 16.8 Å². The molecule has 0 bridgehead atoms. The molecule has 0 aliphatic carbocycles. The summed E-state index contributed by atoms with van der Waals surface area (Å²) >= 11 is 0. The van der Waals surface area contributed by atoms with E-state index in [0.29, 0.717) is 10.9 Å². The van der Waals surface area contributed by atoms with Gasteiger partial charge < -0.3 is 9.47 Å². The topological polar surface area (TPSA) is 8.17 Å². The molecule has 2 nitrogen and oxygen atoms in total. The van der Waals surface area contributed by atoms with Crippen molar-refractivity contribution in [2.75, 3.05) is 4.90 Å². The maximum atomic E-state index is 9.03. The van der Waals surface area contributed by atoms with E-state index < -0.39 is 0 Å². The van der Waals surface area contributed by atoms with Gasteiger partial charge in [0, 0.05) is 38.9 Å². The van der Waals surface area contributed by atoms with Gasteiger partial charge in [0.25, 0.3) is 0 Å². The van der Waals surface area contributed by atoms with Crippen LogP contribution in [0.4, 0.5) is 17.1 Å². The third-order valence-corrected chi connectivity index (χ3v) is 9.62. The summed E-state index contributed by atoms with van der Waals surface area (Å²) in [6.45, 7) is 0. The van der Waals surface area contributed by atoms with Crippen LogP contribution in [0.1, 0.15) is 5.48 Å². The zero-order valence-electron chi connectivity index (χ0n) is 29.9. The summed E-state index contributed by atoms with van der Waals surface area (Å²) in [5.74, 6) is 0. The summed E-state index contributed by atoms with van der Waals surface area (Å²) in [5.41, 5.74) is 7.74. The van der Waals surface area contributed by atoms with E-state index in [1.807, 2.05) is 47.0 Å². The number of benzene rings is 9. The van der Waals surface area contributed by atoms with Crippen LogP contribution in [-0.2, 0) is 0 Å². The summed E-state index contributed by atoms with van der Waals surface area (Å²) in [7, 11) is 0. The van der Waals surface area contributed by atoms with E-state index in [4.69, 9.17) is 5.48 Å². The van der Waals surface area contributed by atoms with E-state index in [9.17, 15) is 0 Å². The first-order valence-electron chi connectivity index (χ1n) is 18.2. The number of nitrogens with zero attached hydrogens (tertiary/aromatic N) is 2. The Labute approximate surface area is 284 Å². The Morgan fingerprint density at radius 1 is 0.458 bits per heavy atom. The van der Waals surface area contributed by atoms with Crippen LogP contribution in [0.2, 0.25) is 0 Å². The van der Waals surface area contributed by atoms with Crippen molar-refractivity contribution in [3.05, 3.63) is 182 Å². The number of fused-ring (bicyclic) bond motifs is 4. The van der Waals surface area contributed by atoms with Crippen LogP contribution in [0.5, 0.6) is 0 Å². The molecule has 1 heterocycles. The van der Waals surface area contributed by atoms with E-state index in [0.717, 1.165) is 77.1 Å². The van der Waals surface area contributed by atoms with Crippen molar-refractivity contribution in [3.63, 3.8) is 0 Å². The summed E-state index contributed by atoms with van der Waals surface area (Å²) in [6, 6.07) is 54.2. The van der Waals surface area contributed by atoms with E-state index in [2.05, 4.69) is 120 Å². The van der Waals surface area contributed by atoms with Gasteiger partial charge in [0.2, 0.25) is 0 Å². The fourth-order valence-electron chi connectivity index (χ4n) is 7.55. The van der Waals surface area contributed by atoms with Crippen LogP contribution in [-0.4, -0.2) is 4.57 Å². The second-order valence-electron chi connectivity index (χ2n) is 12.3. The second kappa shape index (κ2) is 10.6. The van der Waals surface area contributed by atoms with Gasteiger partial charge in [-0.2, -0.15) is 0 Å². The predicted molar refractivity (Wildman–Crippen MR) is 205 cm³/mol. The summed E-state index contributed by atoms with van der Waals surface area (Å²) in [5, 5.41) is 7.97. The number of aromatic nitrogens is 1. The molecule has 2 heteroatoms. The molecule has 0 amide bonds. The lowest BCUT2D eigenvalue weighted by atomic mass is 9.89. The molecule has 0 saturated heterocycles. The zero-order chi connectivity index (χ0) is 35.1. The molecule has 0 saturated carbocycles. The van der Waals surface area contributed by atoms with Crippen LogP contribution in [0, 0.1) is 0 Å². The van der Waals surface area contributed by atoms with Crippen LogP contribution in [0.15, 0.2) is 182 Å². The molecular formula is C46H30N2. The Hall–Kier alpha value is -6.38. The van der Waals surface area contributed by atoms with Crippen molar-refractivity contribution in [1.82, 2.24) is 4.57 Å². The maximum absolute atomic E-state index is 9.03. The smallest absolute Gasteiger partial charge is 0.0645 e. The van der Waals surface area contributed by atoms with E-state index >= 15 is 0 Å². The quantitative estimate of drug-likeness (QED) is 0.175. The number of hydrogen-bond acceptors (Lipinski definition) is 1. The molecule has 10 aromatic rings. The predicted octanol–water partition coefficient (Wildman–Crippen LogP) is 12.8. The van der Waals surface area contributed by atoms with Gasteiger partial charge in [-0.3, -0.25) is 0 Å². The number of hydrogen-bond donors (Lipinski definition) is 0. The monoisotopic (exact) mass is 614 g/mol. The lowest BCUT2D eigenvalue weighted by Crippen LogP contribution is -2.09.